The zero-order valence-electron chi connectivity index (χ0n) is 11.8. The molecule has 19 heavy (non-hydrogen) atoms. The first kappa shape index (κ1) is 15.6. The molecular formula is C15H22FNO2. The van der Waals surface area contributed by atoms with Gasteiger partial charge in [0.05, 0.1) is 6.61 Å². The molecule has 0 fully saturated rings. The normalized spacial score (nSPS) is 11.4. The van der Waals surface area contributed by atoms with Gasteiger partial charge in [-0.25, -0.2) is 4.39 Å². The summed E-state index contributed by atoms with van der Waals surface area (Å²) in [4.78, 5) is 12.1. The molecule has 106 valence electrons. The lowest BCUT2D eigenvalue weighted by Gasteiger charge is -2.29. The van der Waals surface area contributed by atoms with Crippen molar-refractivity contribution < 1.29 is 14.3 Å². The zero-order chi connectivity index (χ0) is 14.5. The highest BCUT2D eigenvalue weighted by Crippen LogP contribution is 2.24. The number of aryl methyl sites for hydroxylation is 1. The van der Waals surface area contributed by atoms with Gasteiger partial charge < -0.3 is 10.4 Å². The number of hydrogen-bond donors (Lipinski definition) is 2. The van der Waals surface area contributed by atoms with E-state index in [2.05, 4.69) is 5.32 Å². The summed E-state index contributed by atoms with van der Waals surface area (Å²) in [7, 11) is 0. The molecule has 0 aliphatic rings. The summed E-state index contributed by atoms with van der Waals surface area (Å²) in [5, 5.41) is 12.3. The topological polar surface area (TPSA) is 49.3 Å². The molecule has 0 spiro atoms. The van der Waals surface area contributed by atoms with Crippen LogP contribution in [0.2, 0.25) is 0 Å². The number of benzene rings is 1. The Morgan fingerprint density at radius 3 is 2.47 bits per heavy atom. The molecule has 3 nitrogen and oxygen atoms in total. The minimum atomic E-state index is -0.346. The maximum Gasteiger partial charge on any atom is 0.251 e. The van der Waals surface area contributed by atoms with E-state index in [0.717, 1.165) is 12.8 Å². The van der Waals surface area contributed by atoms with Crippen LogP contribution in [-0.2, 0) is 0 Å². The molecule has 1 rings (SSSR count). The highest BCUT2D eigenvalue weighted by Gasteiger charge is 2.26. The molecule has 0 aliphatic heterocycles. The van der Waals surface area contributed by atoms with Gasteiger partial charge in [-0.3, -0.25) is 4.79 Å². The number of aliphatic hydroxyl groups excluding tert-OH is 1. The zero-order valence-corrected chi connectivity index (χ0v) is 11.8. The van der Waals surface area contributed by atoms with E-state index in [-0.39, 0.29) is 23.7 Å². The van der Waals surface area contributed by atoms with Crippen LogP contribution in [0.15, 0.2) is 18.2 Å². The molecule has 0 bridgehead atoms. The third kappa shape index (κ3) is 3.77. The minimum Gasteiger partial charge on any atom is -0.396 e. The van der Waals surface area contributed by atoms with Gasteiger partial charge in [-0.15, -0.1) is 0 Å². The van der Waals surface area contributed by atoms with Crippen LogP contribution in [0.5, 0.6) is 0 Å². The summed E-state index contributed by atoms with van der Waals surface area (Å²) in [6.07, 6.45) is 1.59. The van der Waals surface area contributed by atoms with Gasteiger partial charge in [-0.1, -0.05) is 13.8 Å². The molecule has 1 aromatic carbocycles. The van der Waals surface area contributed by atoms with Crippen molar-refractivity contribution in [2.24, 2.45) is 5.41 Å². The average molecular weight is 267 g/mol. The van der Waals surface area contributed by atoms with Crippen LogP contribution in [0, 0.1) is 18.2 Å². The van der Waals surface area contributed by atoms with E-state index in [1.54, 1.807) is 6.92 Å². The number of rotatable bonds is 6. The summed E-state index contributed by atoms with van der Waals surface area (Å²) in [6.45, 7) is 6.16. The molecule has 0 radical (unpaired) electrons. The predicted octanol–water partition coefficient (Wildman–Crippen LogP) is 2.66. The second-order valence-corrected chi connectivity index (χ2v) is 5.01. The molecular weight excluding hydrogens is 245 g/mol. The fraction of sp³-hybridized carbons (Fsp3) is 0.533. The van der Waals surface area contributed by atoms with Gasteiger partial charge in [0.2, 0.25) is 0 Å². The van der Waals surface area contributed by atoms with Crippen LogP contribution in [-0.4, -0.2) is 24.2 Å². The summed E-state index contributed by atoms with van der Waals surface area (Å²) in [5.74, 6) is -0.571. The second kappa shape index (κ2) is 6.66. The van der Waals surface area contributed by atoms with Crippen LogP contribution < -0.4 is 5.32 Å². The van der Waals surface area contributed by atoms with Gasteiger partial charge >= 0.3 is 0 Å². The molecule has 0 heterocycles. The number of amides is 1. The average Bonchev–Trinajstić information content (AvgIpc) is 2.40. The van der Waals surface area contributed by atoms with Crippen LogP contribution >= 0.6 is 0 Å². The minimum absolute atomic E-state index is 0.0443. The number of hydrogen-bond acceptors (Lipinski definition) is 2. The van der Waals surface area contributed by atoms with E-state index >= 15 is 0 Å². The Kier molecular flexibility index (Phi) is 5.48. The van der Waals surface area contributed by atoms with Gasteiger partial charge in [0.25, 0.3) is 5.91 Å². The number of carbonyl (C=O) groups is 1. The van der Waals surface area contributed by atoms with Crippen molar-refractivity contribution >= 4 is 5.91 Å². The summed E-state index contributed by atoms with van der Waals surface area (Å²) >= 11 is 0. The van der Waals surface area contributed by atoms with E-state index in [4.69, 9.17) is 0 Å². The standard InChI is InChI=1S/C15H22FNO2/c1-4-15(5-2,10-18)9-17-14(19)13-7-6-12(16)8-11(13)3/h6-8,18H,4-5,9-10H2,1-3H3,(H,17,19). The molecule has 1 amide bonds. The smallest absolute Gasteiger partial charge is 0.251 e. The number of nitrogens with one attached hydrogen (secondary N) is 1. The Balaban J connectivity index is 2.75. The lowest BCUT2D eigenvalue weighted by atomic mass is 9.83. The summed E-state index contributed by atoms with van der Waals surface area (Å²) in [6, 6.07) is 4.10. The van der Waals surface area contributed by atoms with Crippen molar-refractivity contribution in [1.29, 1.82) is 0 Å². The molecule has 4 heteroatoms. The second-order valence-electron chi connectivity index (χ2n) is 5.01. The molecule has 0 unspecified atom stereocenters. The van der Waals surface area contributed by atoms with Crippen LogP contribution in [0.3, 0.4) is 0 Å². The SMILES string of the molecule is CCC(CC)(CO)CNC(=O)c1ccc(F)cc1C. The van der Waals surface area contributed by atoms with E-state index in [1.165, 1.54) is 18.2 Å². The lowest BCUT2D eigenvalue weighted by molar-refractivity contribution is 0.0850. The molecule has 2 N–H and O–H groups in total. The highest BCUT2D eigenvalue weighted by molar-refractivity contribution is 5.95. The Bertz CT molecular complexity index is 434. The number of carbonyl (C=O) groups excluding carboxylic acids is 1. The van der Waals surface area contributed by atoms with Crippen molar-refractivity contribution in [2.75, 3.05) is 13.2 Å². The first-order valence-electron chi connectivity index (χ1n) is 6.63. The summed E-state index contributed by atoms with van der Waals surface area (Å²) < 4.78 is 13.0. The Hall–Kier alpha value is -1.42. The van der Waals surface area contributed by atoms with Crippen LogP contribution in [0.1, 0.15) is 42.6 Å². The van der Waals surface area contributed by atoms with E-state index in [0.29, 0.717) is 17.7 Å². The van der Waals surface area contributed by atoms with Crippen LogP contribution in [0.4, 0.5) is 4.39 Å². The van der Waals surface area contributed by atoms with E-state index < -0.39 is 0 Å². The molecule has 0 saturated heterocycles. The van der Waals surface area contributed by atoms with Gasteiger partial charge in [-0.05, 0) is 43.5 Å². The Morgan fingerprint density at radius 2 is 2.00 bits per heavy atom. The third-order valence-electron chi connectivity index (χ3n) is 3.89. The fourth-order valence-electron chi connectivity index (χ4n) is 2.02. The number of aliphatic hydroxyl groups is 1. The van der Waals surface area contributed by atoms with Crippen molar-refractivity contribution in [3.8, 4) is 0 Å². The molecule has 0 aliphatic carbocycles. The third-order valence-corrected chi connectivity index (χ3v) is 3.89. The fourth-order valence-corrected chi connectivity index (χ4v) is 2.02. The maximum atomic E-state index is 13.0. The van der Waals surface area contributed by atoms with E-state index in [9.17, 15) is 14.3 Å². The number of halogens is 1. The first-order chi connectivity index (χ1) is 8.98. The van der Waals surface area contributed by atoms with Gasteiger partial charge in [-0.2, -0.15) is 0 Å². The quantitative estimate of drug-likeness (QED) is 0.832. The van der Waals surface area contributed by atoms with Gasteiger partial charge in [0, 0.05) is 17.5 Å². The monoisotopic (exact) mass is 267 g/mol. The van der Waals surface area contributed by atoms with Gasteiger partial charge in [0.1, 0.15) is 5.82 Å². The molecule has 1 aromatic rings. The molecule has 0 aromatic heterocycles. The Morgan fingerprint density at radius 1 is 1.37 bits per heavy atom. The van der Waals surface area contributed by atoms with Crippen LogP contribution in [0.25, 0.3) is 0 Å². The predicted molar refractivity (Wildman–Crippen MR) is 73.6 cm³/mol. The van der Waals surface area contributed by atoms with Gasteiger partial charge in [0.15, 0.2) is 0 Å². The Labute approximate surface area is 113 Å². The molecule has 0 saturated carbocycles. The summed E-state index contributed by atoms with van der Waals surface area (Å²) in [5.41, 5.74) is 0.810. The van der Waals surface area contributed by atoms with Crippen molar-refractivity contribution in [3.63, 3.8) is 0 Å². The lowest BCUT2D eigenvalue weighted by Crippen LogP contribution is -2.39. The highest BCUT2D eigenvalue weighted by atomic mass is 19.1. The first-order valence-corrected chi connectivity index (χ1v) is 6.63. The van der Waals surface area contributed by atoms with Crippen molar-refractivity contribution in [3.05, 3.63) is 35.1 Å². The largest absolute Gasteiger partial charge is 0.396 e. The van der Waals surface area contributed by atoms with Crippen molar-refractivity contribution in [2.45, 2.75) is 33.6 Å². The maximum absolute atomic E-state index is 13.0. The van der Waals surface area contributed by atoms with Crippen molar-refractivity contribution in [1.82, 2.24) is 5.32 Å². The van der Waals surface area contributed by atoms with E-state index in [1.807, 2.05) is 13.8 Å². The molecule has 0 atom stereocenters.